The van der Waals surface area contributed by atoms with E-state index in [2.05, 4.69) is 22.6 Å². The molecule has 0 aromatic heterocycles. The van der Waals surface area contributed by atoms with Crippen molar-refractivity contribution in [1.82, 2.24) is 0 Å². The van der Waals surface area contributed by atoms with Crippen molar-refractivity contribution in [3.8, 4) is 0 Å². The minimum Gasteiger partial charge on any atom is -0.371 e. The highest BCUT2D eigenvalue weighted by Crippen LogP contribution is 2.12. The van der Waals surface area contributed by atoms with Gasteiger partial charge in [-0.25, -0.2) is 0 Å². The lowest BCUT2D eigenvalue weighted by molar-refractivity contribution is 0.0584. The molecule has 0 radical (unpaired) electrons. The van der Waals surface area contributed by atoms with Gasteiger partial charge in [-0.05, 0) is 42.5 Å². The molecule has 0 saturated carbocycles. The Kier molecular flexibility index (Phi) is 4.54. The van der Waals surface area contributed by atoms with Crippen LogP contribution in [0.25, 0.3) is 0 Å². The van der Waals surface area contributed by atoms with Crippen molar-refractivity contribution in [1.29, 1.82) is 0 Å². The molecule has 0 aliphatic rings. The van der Waals surface area contributed by atoms with E-state index in [0.29, 0.717) is 0 Å². The average molecular weight is 304 g/mol. The highest BCUT2D eigenvalue weighted by molar-refractivity contribution is 14.1. The van der Waals surface area contributed by atoms with Gasteiger partial charge in [0.2, 0.25) is 0 Å². The van der Waals surface area contributed by atoms with E-state index in [0.717, 1.165) is 9.13 Å². The lowest BCUT2D eigenvalue weighted by Gasteiger charge is -2.07. The summed E-state index contributed by atoms with van der Waals surface area (Å²) in [6.07, 6.45) is 0.0975. The van der Waals surface area contributed by atoms with Gasteiger partial charge in [-0.1, -0.05) is 18.2 Å². The van der Waals surface area contributed by atoms with Gasteiger partial charge in [0.05, 0.1) is 6.10 Å². The Balaban J connectivity index is 2.65. The second-order valence-electron chi connectivity index (χ2n) is 3.26. The third kappa shape index (κ3) is 3.38. The largest absolute Gasteiger partial charge is 0.371 e. The Morgan fingerprint density at radius 2 is 2.07 bits per heavy atom. The summed E-state index contributed by atoms with van der Waals surface area (Å²) < 4.78 is 6.23. The number of hydrogen-bond donors (Lipinski definition) is 0. The number of hydrogen-bond acceptors (Lipinski definition) is 2. The van der Waals surface area contributed by atoms with Gasteiger partial charge < -0.3 is 4.74 Å². The Morgan fingerprint density at radius 1 is 1.43 bits per heavy atom. The lowest BCUT2D eigenvalue weighted by Crippen LogP contribution is -2.14. The predicted octanol–water partition coefficient (Wildman–Crippen LogP) is 2.90. The fourth-order valence-electron chi connectivity index (χ4n) is 1.01. The second-order valence-corrected chi connectivity index (χ2v) is 4.42. The highest BCUT2D eigenvalue weighted by atomic mass is 127. The van der Waals surface area contributed by atoms with E-state index in [4.69, 9.17) is 4.74 Å². The van der Waals surface area contributed by atoms with Crippen LogP contribution in [0.5, 0.6) is 0 Å². The molecule has 0 aliphatic carbocycles. The van der Waals surface area contributed by atoms with Gasteiger partial charge in [0, 0.05) is 9.13 Å². The van der Waals surface area contributed by atoms with Crippen LogP contribution in [-0.4, -0.2) is 18.5 Å². The number of ether oxygens (including phenoxy) is 1. The molecule has 0 heterocycles. The molecule has 0 aliphatic heterocycles. The minimum absolute atomic E-state index is 0.0451. The molecule has 0 saturated heterocycles. The first-order valence-electron chi connectivity index (χ1n) is 4.50. The summed E-state index contributed by atoms with van der Waals surface area (Å²) in [6.45, 7) is 4.00. The van der Waals surface area contributed by atoms with E-state index in [-0.39, 0.29) is 18.5 Å². The SMILES string of the molecule is CC(C)OCC(=O)c1ccccc1I. The van der Waals surface area contributed by atoms with Crippen molar-refractivity contribution >= 4 is 28.4 Å². The fourth-order valence-corrected chi connectivity index (χ4v) is 1.70. The highest BCUT2D eigenvalue weighted by Gasteiger charge is 2.09. The van der Waals surface area contributed by atoms with Crippen molar-refractivity contribution in [3.63, 3.8) is 0 Å². The van der Waals surface area contributed by atoms with E-state index in [1.807, 2.05) is 38.1 Å². The number of carbonyl (C=O) groups excluding carboxylic acids is 1. The molecule has 0 bridgehead atoms. The zero-order chi connectivity index (χ0) is 10.6. The van der Waals surface area contributed by atoms with Crippen molar-refractivity contribution < 1.29 is 9.53 Å². The van der Waals surface area contributed by atoms with E-state index in [1.165, 1.54) is 0 Å². The first kappa shape index (κ1) is 11.7. The summed E-state index contributed by atoms with van der Waals surface area (Å²) in [5.41, 5.74) is 0.744. The van der Waals surface area contributed by atoms with Crippen LogP contribution < -0.4 is 0 Å². The molecule has 14 heavy (non-hydrogen) atoms. The third-order valence-corrected chi connectivity index (χ3v) is 2.66. The fraction of sp³-hybridized carbons (Fsp3) is 0.364. The zero-order valence-electron chi connectivity index (χ0n) is 8.29. The minimum atomic E-state index is 0.0451. The number of halogens is 1. The third-order valence-electron chi connectivity index (χ3n) is 1.72. The quantitative estimate of drug-likeness (QED) is 0.631. The maximum atomic E-state index is 11.6. The maximum absolute atomic E-state index is 11.6. The molecule has 0 N–H and O–H groups in total. The van der Waals surface area contributed by atoms with Crippen LogP contribution in [0.4, 0.5) is 0 Å². The summed E-state index contributed by atoms with van der Waals surface area (Å²) >= 11 is 2.16. The summed E-state index contributed by atoms with van der Waals surface area (Å²) in [5.74, 6) is 0.0451. The average Bonchev–Trinajstić information content (AvgIpc) is 2.15. The second kappa shape index (κ2) is 5.46. The van der Waals surface area contributed by atoms with E-state index < -0.39 is 0 Å². The standard InChI is InChI=1S/C11H13IO2/c1-8(2)14-7-11(13)9-5-3-4-6-10(9)12/h3-6,8H,7H2,1-2H3. The monoisotopic (exact) mass is 304 g/mol. The Hall–Kier alpha value is -0.420. The molecule has 0 fully saturated rings. The van der Waals surface area contributed by atoms with E-state index in [9.17, 15) is 4.79 Å². The molecule has 1 aromatic rings. The Bertz CT molecular complexity index is 321. The van der Waals surface area contributed by atoms with Crippen LogP contribution in [0, 0.1) is 3.57 Å². The van der Waals surface area contributed by atoms with Crippen molar-refractivity contribution in [2.45, 2.75) is 20.0 Å². The molecular weight excluding hydrogens is 291 g/mol. The van der Waals surface area contributed by atoms with Gasteiger partial charge in [-0.2, -0.15) is 0 Å². The first-order chi connectivity index (χ1) is 6.61. The van der Waals surface area contributed by atoms with Crippen LogP contribution in [0.15, 0.2) is 24.3 Å². The zero-order valence-corrected chi connectivity index (χ0v) is 10.4. The molecule has 1 rings (SSSR count). The number of carbonyl (C=O) groups is 1. The van der Waals surface area contributed by atoms with Crippen molar-refractivity contribution in [2.24, 2.45) is 0 Å². The smallest absolute Gasteiger partial charge is 0.189 e. The van der Waals surface area contributed by atoms with Crippen LogP contribution >= 0.6 is 22.6 Å². The molecule has 76 valence electrons. The molecular formula is C11H13IO2. The van der Waals surface area contributed by atoms with Crippen molar-refractivity contribution in [2.75, 3.05) is 6.61 Å². The number of benzene rings is 1. The molecule has 3 heteroatoms. The van der Waals surface area contributed by atoms with Crippen LogP contribution in [0.3, 0.4) is 0 Å². The normalized spacial score (nSPS) is 10.6. The predicted molar refractivity (Wildman–Crippen MR) is 64.6 cm³/mol. The van der Waals surface area contributed by atoms with Crippen LogP contribution in [0.2, 0.25) is 0 Å². The summed E-state index contributed by atoms with van der Waals surface area (Å²) in [6, 6.07) is 7.53. The number of ketones is 1. The molecule has 0 spiro atoms. The summed E-state index contributed by atoms with van der Waals surface area (Å²) in [4.78, 5) is 11.6. The number of rotatable bonds is 4. The molecule has 2 nitrogen and oxygen atoms in total. The topological polar surface area (TPSA) is 26.3 Å². The lowest BCUT2D eigenvalue weighted by atomic mass is 10.1. The maximum Gasteiger partial charge on any atom is 0.189 e. The van der Waals surface area contributed by atoms with Crippen LogP contribution in [-0.2, 0) is 4.74 Å². The number of Topliss-reactive ketones (excluding diaryl/α,β-unsaturated/α-hetero) is 1. The first-order valence-corrected chi connectivity index (χ1v) is 5.58. The van der Waals surface area contributed by atoms with Gasteiger partial charge in [0.25, 0.3) is 0 Å². The van der Waals surface area contributed by atoms with Gasteiger partial charge in [0.15, 0.2) is 5.78 Å². The van der Waals surface area contributed by atoms with Crippen molar-refractivity contribution in [3.05, 3.63) is 33.4 Å². The van der Waals surface area contributed by atoms with E-state index in [1.54, 1.807) is 0 Å². The van der Waals surface area contributed by atoms with Gasteiger partial charge in [0.1, 0.15) is 6.61 Å². The molecule has 0 atom stereocenters. The Morgan fingerprint density at radius 3 is 2.64 bits per heavy atom. The van der Waals surface area contributed by atoms with E-state index >= 15 is 0 Å². The van der Waals surface area contributed by atoms with Gasteiger partial charge in [-0.15, -0.1) is 0 Å². The molecule has 0 amide bonds. The summed E-state index contributed by atoms with van der Waals surface area (Å²) in [7, 11) is 0. The van der Waals surface area contributed by atoms with Gasteiger partial charge >= 0.3 is 0 Å². The van der Waals surface area contributed by atoms with Crippen LogP contribution in [0.1, 0.15) is 24.2 Å². The summed E-state index contributed by atoms with van der Waals surface area (Å²) in [5, 5.41) is 0. The Labute approximate surface area is 97.8 Å². The molecule has 0 unspecified atom stereocenters. The molecule has 1 aromatic carbocycles. The van der Waals surface area contributed by atoms with Gasteiger partial charge in [-0.3, -0.25) is 4.79 Å².